The molecule has 4 rings (SSSR count). The highest BCUT2D eigenvalue weighted by Gasteiger charge is 2.27. The highest BCUT2D eigenvalue weighted by Crippen LogP contribution is 2.32. The lowest BCUT2D eigenvalue weighted by Gasteiger charge is -2.22. The molecule has 0 unspecified atom stereocenters. The highest BCUT2D eigenvalue weighted by molar-refractivity contribution is 6.07. The van der Waals surface area contributed by atoms with Crippen LogP contribution < -0.4 is 5.32 Å². The first-order valence-electron chi connectivity index (χ1n) is 11.1. The Morgan fingerprint density at radius 2 is 1.87 bits per heavy atom. The van der Waals surface area contributed by atoms with Crippen LogP contribution in [0.2, 0.25) is 0 Å². The third-order valence-electron chi connectivity index (χ3n) is 5.64. The Morgan fingerprint density at radius 3 is 2.57 bits per heavy atom. The first-order valence-corrected chi connectivity index (χ1v) is 11.1. The number of nitrogens with one attached hydrogen (secondary N) is 1. The molecule has 0 radical (unpaired) electrons. The number of fused-ring (bicyclic) bond motifs is 1. The van der Waals surface area contributed by atoms with E-state index < -0.39 is 0 Å². The van der Waals surface area contributed by atoms with Crippen LogP contribution in [0.25, 0.3) is 11.0 Å². The number of hydrogen-bond acceptors (Lipinski definition) is 5. The third-order valence-corrected chi connectivity index (χ3v) is 5.64. The minimum absolute atomic E-state index is 0.0507. The number of hydrogen-bond donors (Lipinski definition) is 1. The first-order chi connectivity index (χ1) is 14.7. The molecule has 0 spiro atoms. The summed E-state index contributed by atoms with van der Waals surface area (Å²) in [6.45, 7) is 7.96. The van der Waals surface area contributed by atoms with Crippen molar-refractivity contribution in [1.29, 1.82) is 0 Å². The molecule has 0 bridgehead atoms. The molecule has 0 saturated carbocycles. The fraction of sp³-hybridized carbons (Fsp3) is 0.458. The van der Waals surface area contributed by atoms with Gasteiger partial charge in [-0.25, -0.2) is 14.7 Å². The molecule has 0 aliphatic carbocycles. The Labute approximate surface area is 178 Å². The van der Waals surface area contributed by atoms with E-state index in [9.17, 15) is 0 Å². The summed E-state index contributed by atoms with van der Waals surface area (Å²) in [5.41, 5.74) is 4.01. The number of aliphatic imine (C=N–C) groups is 1. The molecule has 0 amide bonds. The van der Waals surface area contributed by atoms with Crippen LogP contribution in [0.4, 0.5) is 5.69 Å². The topological polar surface area (TPSA) is 64.3 Å². The van der Waals surface area contributed by atoms with Crippen LogP contribution in [0.15, 0.2) is 47.7 Å². The van der Waals surface area contributed by atoms with Gasteiger partial charge in [-0.1, -0.05) is 57.0 Å². The number of aromatic nitrogens is 3. The molecule has 2 aromatic heterocycles. The van der Waals surface area contributed by atoms with Crippen molar-refractivity contribution in [3.63, 3.8) is 0 Å². The molecule has 158 valence electrons. The average Bonchev–Trinajstić information content (AvgIpc) is 3.42. The van der Waals surface area contributed by atoms with E-state index in [-0.39, 0.29) is 6.10 Å². The van der Waals surface area contributed by atoms with Gasteiger partial charge in [0, 0.05) is 18.8 Å². The number of nitrogens with zero attached hydrogens (tertiary/aromatic N) is 4. The summed E-state index contributed by atoms with van der Waals surface area (Å²) in [6.07, 6.45) is 8.28. The smallest absolute Gasteiger partial charge is 0.220 e. The lowest BCUT2D eigenvalue weighted by molar-refractivity contribution is 0.230. The number of benzene rings is 1. The molecular weight excluding hydrogens is 374 g/mol. The van der Waals surface area contributed by atoms with E-state index in [2.05, 4.69) is 43.3 Å². The van der Waals surface area contributed by atoms with Gasteiger partial charge in [0.25, 0.3) is 0 Å². The van der Waals surface area contributed by atoms with Crippen molar-refractivity contribution in [2.75, 3.05) is 11.9 Å². The van der Waals surface area contributed by atoms with E-state index in [1.807, 2.05) is 35.3 Å². The minimum Gasteiger partial charge on any atom is -0.467 e. The normalized spacial score (nSPS) is 16.1. The van der Waals surface area contributed by atoms with Gasteiger partial charge < -0.3 is 10.1 Å². The monoisotopic (exact) mass is 405 g/mol. The van der Waals surface area contributed by atoms with Crippen molar-refractivity contribution in [3.8, 4) is 0 Å². The van der Waals surface area contributed by atoms with Gasteiger partial charge in [-0.15, -0.1) is 0 Å². The van der Waals surface area contributed by atoms with Gasteiger partial charge in [0.1, 0.15) is 6.10 Å². The summed E-state index contributed by atoms with van der Waals surface area (Å²) in [4.78, 5) is 9.46. The van der Waals surface area contributed by atoms with Crippen molar-refractivity contribution in [2.24, 2.45) is 4.99 Å². The summed E-state index contributed by atoms with van der Waals surface area (Å²) in [5.74, 6) is 0.664. The van der Waals surface area contributed by atoms with Gasteiger partial charge in [0.05, 0.1) is 29.4 Å². The van der Waals surface area contributed by atoms with E-state index in [1.165, 1.54) is 0 Å². The first kappa shape index (κ1) is 20.4. The Bertz CT molecular complexity index is 1010. The van der Waals surface area contributed by atoms with E-state index in [0.29, 0.717) is 18.5 Å². The van der Waals surface area contributed by atoms with E-state index in [1.54, 1.807) is 0 Å². The lowest BCUT2D eigenvalue weighted by Crippen LogP contribution is -2.21. The standard InChI is InChI=1S/C24H31N5O/c1-4-10-18(11-5-2)28-22-19-15-27-29(6-3)23(19)25-14-20(22)24-26-16-21(30-24)17-12-8-7-9-13-17/h7-9,12-15,18,21H,4-6,10-11,16H2,1-3H3,(H,25,28)/t21-/m1/s1. The van der Waals surface area contributed by atoms with Gasteiger partial charge in [0.2, 0.25) is 5.90 Å². The molecule has 1 aliphatic heterocycles. The van der Waals surface area contributed by atoms with Crippen molar-refractivity contribution in [1.82, 2.24) is 14.8 Å². The fourth-order valence-corrected chi connectivity index (χ4v) is 4.13. The van der Waals surface area contributed by atoms with Gasteiger partial charge in [-0.3, -0.25) is 0 Å². The highest BCUT2D eigenvalue weighted by atomic mass is 16.5. The molecule has 6 heteroatoms. The summed E-state index contributed by atoms with van der Waals surface area (Å²) in [7, 11) is 0. The van der Waals surface area contributed by atoms with Crippen LogP contribution in [-0.2, 0) is 11.3 Å². The maximum absolute atomic E-state index is 6.30. The summed E-state index contributed by atoms with van der Waals surface area (Å²) >= 11 is 0. The number of ether oxygens (including phenoxy) is 1. The Morgan fingerprint density at radius 1 is 1.10 bits per heavy atom. The zero-order valence-electron chi connectivity index (χ0n) is 18.1. The largest absolute Gasteiger partial charge is 0.467 e. The summed E-state index contributed by atoms with van der Waals surface area (Å²) in [5, 5.41) is 9.37. The van der Waals surface area contributed by atoms with Crippen LogP contribution in [0, 0.1) is 0 Å². The van der Waals surface area contributed by atoms with Crippen molar-refractivity contribution in [2.45, 2.75) is 65.1 Å². The SMILES string of the molecule is CCCC(CCC)Nc1c(C2=NC[C@H](c3ccccc3)O2)cnc2c1cnn2CC. The average molecular weight is 406 g/mol. The second-order valence-corrected chi connectivity index (χ2v) is 7.83. The molecule has 1 N–H and O–H groups in total. The Kier molecular flexibility index (Phi) is 6.31. The van der Waals surface area contributed by atoms with Crippen LogP contribution in [0.5, 0.6) is 0 Å². The minimum atomic E-state index is -0.0507. The number of aryl methyl sites for hydroxylation is 1. The van der Waals surface area contributed by atoms with Crippen molar-refractivity contribution >= 4 is 22.6 Å². The quantitative estimate of drug-likeness (QED) is 0.521. The predicted octanol–water partition coefficient (Wildman–Crippen LogP) is 5.35. The molecule has 0 fully saturated rings. The molecule has 1 aromatic carbocycles. The van der Waals surface area contributed by atoms with E-state index in [0.717, 1.165) is 60.1 Å². The van der Waals surface area contributed by atoms with Gasteiger partial charge in [0.15, 0.2) is 5.65 Å². The zero-order chi connectivity index (χ0) is 20.9. The van der Waals surface area contributed by atoms with Crippen LogP contribution in [0.1, 0.15) is 63.7 Å². The molecule has 1 aliphatic rings. The maximum atomic E-state index is 6.30. The summed E-state index contributed by atoms with van der Waals surface area (Å²) in [6, 6.07) is 10.7. The van der Waals surface area contributed by atoms with Gasteiger partial charge in [-0.2, -0.15) is 5.10 Å². The fourth-order valence-electron chi connectivity index (χ4n) is 4.13. The second-order valence-electron chi connectivity index (χ2n) is 7.83. The lowest BCUT2D eigenvalue weighted by atomic mass is 10.0. The molecule has 6 nitrogen and oxygen atoms in total. The van der Waals surface area contributed by atoms with Crippen LogP contribution >= 0.6 is 0 Å². The van der Waals surface area contributed by atoms with Gasteiger partial charge in [-0.05, 0) is 25.3 Å². The number of rotatable bonds is 9. The molecule has 1 atom stereocenters. The van der Waals surface area contributed by atoms with E-state index >= 15 is 0 Å². The van der Waals surface area contributed by atoms with Crippen LogP contribution in [-0.4, -0.2) is 33.2 Å². The molecule has 0 saturated heterocycles. The molecular formula is C24H31N5O. The molecule has 3 aromatic rings. The van der Waals surface area contributed by atoms with Crippen LogP contribution in [0.3, 0.4) is 0 Å². The molecule has 30 heavy (non-hydrogen) atoms. The number of pyridine rings is 1. The third kappa shape index (κ3) is 4.04. The van der Waals surface area contributed by atoms with Crippen molar-refractivity contribution in [3.05, 3.63) is 53.9 Å². The van der Waals surface area contributed by atoms with Gasteiger partial charge >= 0.3 is 0 Å². The maximum Gasteiger partial charge on any atom is 0.220 e. The predicted molar refractivity (Wildman–Crippen MR) is 122 cm³/mol. The Balaban J connectivity index is 1.70. The number of anilines is 1. The molecule has 3 heterocycles. The Hall–Kier alpha value is -2.89. The van der Waals surface area contributed by atoms with Crippen molar-refractivity contribution < 1.29 is 4.74 Å². The zero-order valence-corrected chi connectivity index (χ0v) is 18.1. The van der Waals surface area contributed by atoms with E-state index in [4.69, 9.17) is 14.7 Å². The second kappa shape index (κ2) is 9.28. The summed E-state index contributed by atoms with van der Waals surface area (Å²) < 4.78 is 8.23.